The van der Waals surface area contributed by atoms with Crippen molar-refractivity contribution in [2.24, 2.45) is 11.3 Å². The number of ether oxygens (including phenoxy) is 1. The van der Waals surface area contributed by atoms with Gasteiger partial charge in [-0.25, -0.2) is 4.79 Å². The molecule has 26 heavy (non-hydrogen) atoms. The first kappa shape index (κ1) is 18.9. The Balaban J connectivity index is 1.61. The van der Waals surface area contributed by atoms with E-state index in [1.807, 2.05) is 4.90 Å². The molecule has 0 radical (unpaired) electrons. The molecule has 146 valence electrons. The van der Waals surface area contributed by atoms with Crippen LogP contribution in [0.2, 0.25) is 0 Å². The maximum absolute atomic E-state index is 12.9. The molecule has 2 unspecified atom stereocenters. The van der Waals surface area contributed by atoms with Crippen LogP contribution in [0.25, 0.3) is 0 Å². The van der Waals surface area contributed by atoms with Crippen LogP contribution in [0.15, 0.2) is 0 Å². The highest BCUT2D eigenvalue weighted by atomic mass is 16.5. The Morgan fingerprint density at radius 1 is 1.04 bits per heavy atom. The lowest BCUT2D eigenvalue weighted by atomic mass is 9.88. The number of piperidine rings is 1. The summed E-state index contributed by atoms with van der Waals surface area (Å²) in [4.78, 5) is 42.5. The first-order valence-corrected chi connectivity index (χ1v) is 9.52. The summed E-state index contributed by atoms with van der Waals surface area (Å²) in [5.41, 5.74) is -1.01. The Bertz CT molecular complexity index is 563. The highest BCUT2D eigenvalue weighted by Gasteiger charge is 2.47. The largest absolute Gasteiger partial charge is 0.481 e. The summed E-state index contributed by atoms with van der Waals surface area (Å²) in [5.74, 6) is -1.17. The summed E-state index contributed by atoms with van der Waals surface area (Å²) in [6.07, 6.45) is 4.07. The van der Waals surface area contributed by atoms with Gasteiger partial charge in [0.15, 0.2) is 0 Å². The molecule has 0 aromatic carbocycles. The van der Waals surface area contributed by atoms with Gasteiger partial charge < -0.3 is 24.5 Å². The van der Waals surface area contributed by atoms with E-state index in [0.717, 1.165) is 38.8 Å². The van der Waals surface area contributed by atoms with E-state index in [9.17, 15) is 19.5 Å². The van der Waals surface area contributed by atoms with E-state index in [-0.39, 0.29) is 31.0 Å². The third-order valence-electron chi connectivity index (χ3n) is 5.96. The molecule has 0 saturated carbocycles. The average Bonchev–Trinajstić information content (AvgIpc) is 3.32. The Morgan fingerprint density at radius 2 is 1.73 bits per heavy atom. The second-order valence-electron chi connectivity index (χ2n) is 7.79. The first-order valence-electron chi connectivity index (χ1n) is 9.52. The van der Waals surface area contributed by atoms with Crippen LogP contribution in [0.5, 0.6) is 0 Å². The van der Waals surface area contributed by atoms with Crippen molar-refractivity contribution in [3.05, 3.63) is 0 Å². The van der Waals surface area contributed by atoms with Crippen molar-refractivity contribution in [2.45, 2.75) is 32.1 Å². The minimum Gasteiger partial charge on any atom is -0.481 e. The van der Waals surface area contributed by atoms with Gasteiger partial charge in [-0.15, -0.1) is 0 Å². The predicted octanol–water partition coefficient (Wildman–Crippen LogP) is 0.864. The first-order chi connectivity index (χ1) is 12.5. The van der Waals surface area contributed by atoms with Crippen LogP contribution < -0.4 is 0 Å². The van der Waals surface area contributed by atoms with E-state index in [4.69, 9.17) is 4.74 Å². The summed E-state index contributed by atoms with van der Waals surface area (Å²) < 4.78 is 5.09. The highest BCUT2D eigenvalue weighted by molar-refractivity contribution is 5.83. The molecule has 0 aromatic heterocycles. The van der Waals surface area contributed by atoms with Gasteiger partial charge >= 0.3 is 12.0 Å². The molecule has 8 heteroatoms. The van der Waals surface area contributed by atoms with Crippen LogP contribution in [-0.4, -0.2) is 90.7 Å². The van der Waals surface area contributed by atoms with E-state index < -0.39 is 11.4 Å². The van der Waals surface area contributed by atoms with Crippen molar-refractivity contribution in [1.82, 2.24) is 14.7 Å². The number of aliphatic carboxylic acids is 1. The summed E-state index contributed by atoms with van der Waals surface area (Å²) in [6.45, 7) is 3.47. The predicted molar refractivity (Wildman–Crippen MR) is 93.6 cm³/mol. The standard InChI is InChI=1S/C18H29N3O5/c1-26-13-18(16(23)24)6-10-21(12-18)15(22)14-5-4-9-20(11-14)17(25)19-7-2-3-8-19/h14H,2-13H2,1H3,(H,23,24). The Morgan fingerprint density at radius 3 is 2.38 bits per heavy atom. The zero-order valence-electron chi connectivity index (χ0n) is 15.5. The van der Waals surface area contributed by atoms with Crippen LogP contribution in [0.1, 0.15) is 32.1 Å². The lowest BCUT2D eigenvalue weighted by Crippen LogP contribution is -2.50. The number of methoxy groups -OCH3 is 1. The fourth-order valence-corrected chi connectivity index (χ4v) is 4.41. The van der Waals surface area contributed by atoms with Crippen LogP contribution in [0.4, 0.5) is 4.79 Å². The molecular weight excluding hydrogens is 338 g/mol. The minimum absolute atomic E-state index is 0.0249. The third-order valence-corrected chi connectivity index (χ3v) is 5.96. The second-order valence-corrected chi connectivity index (χ2v) is 7.79. The number of carboxylic acid groups (broad SMARTS) is 1. The molecule has 3 heterocycles. The Labute approximate surface area is 154 Å². The molecular formula is C18H29N3O5. The monoisotopic (exact) mass is 367 g/mol. The van der Waals surface area contributed by atoms with Gasteiger partial charge in [0.1, 0.15) is 5.41 Å². The van der Waals surface area contributed by atoms with E-state index >= 15 is 0 Å². The maximum atomic E-state index is 12.9. The fourth-order valence-electron chi connectivity index (χ4n) is 4.41. The normalized spacial score (nSPS) is 29.3. The van der Waals surface area contributed by atoms with Gasteiger partial charge in [0.05, 0.1) is 12.5 Å². The Hall–Kier alpha value is -1.83. The van der Waals surface area contributed by atoms with Crippen molar-refractivity contribution in [2.75, 3.05) is 53.0 Å². The van der Waals surface area contributed by atoms with Crippen LogP contribution in [0, 0.1) is 11.3 Å². The van der Waals surface area contributed by atoms with Gasteiger partial charge in [0, 0.05) is 46.4 Å². The molecule has 3 aliphatic heterocycles. The summed E-state index contributed by atoms with van der Waals surface area (Å²) in [7, 11) is 1.48. The molecule has 0 aromatic rings. The van der Waals surface area contributed by atoms with Gasteiger partial charge in [0.25, 0.3) is 0 Å². The number of carbonyl (C=O) groups excluding carboxylic acids is 2. The van der Waals surface area contributed by atoms with Gasteiger partial charge in [-0.1, -0.05) is 0 Å². The lowest BCUT2D eigenvalue weighted by Gasteiger charge is -2.36. The summed E-state index contributed by atoms with van der Waals surface area (Å²) in [6, 6.07) is 0.0423. The van der Waals surface area contributed by atoms with Crippen molar-refractivity contribution in [3.8, 4) is 0 Å². The van der Waals surface area contributed by atoms with Crippen molar-refractivity contribution < 1.29 is 24.2 Å². The number of likely N-dealkylation sites (tertiary alicyclic amines) is 3. The number of carbonyl (C=O) groups is 3. The fraction of sp³-hybridized carbons (Fsp3) is 0.833. The average molecular weight is 367 g/mol. The van der Waals surface area contributed by atoms with Crippen molar-refractivity contribution in [1.29, 1.82) is 0 Å². The third kappa shape index (κ3) is 3.65. The molecule has 0 aliphatic carbocycles. The SMILES string of the molecule is COCC1(C(=O)O)CCN(C(=O)C2CCCN(C(=O)N3CCCC3)C2)C1. The van der Waals surface area contributed by atoms with Crippen molar-refractivity contribution >= 4 is 17.9 Å². The molecule has 3 saturated heterocycles. The minimum atomic E-state index is -1.01. The van der Waals surface area contributed by atoms with Gasteiger partial charge in [-0.05, 0) is 32.1 Å². The van der Waals surface area contributed by atoms with E-state index in [0.29, 0.717) is 26.1 Å². The number of carboxylic acids is 1. The molecule has 0 spiro atoms. The zero-order valence-corrected chi connectivity index (χ0v) is 15.5. The van der Waals surface area contributed by atoms with Gasteiger partial charge in [0.2, 0.25) is 5.91 Å². The number of urea groups is 1. The summed E-state index contributed by atoms with van der Waals surface area (Å²) >= 11 is 0. The molecule has 3 fully saturated rings. The van der Waals surface area contributed by atoms with E-state index in [2.05, 4.69) is 0 Å². The zero-order chi connectivity index (χ0) is 18.7. The molecule has 3 aliphatic rings. The number of nitrogens with zero attached hydrogens (tertiary/aromatic N) is 3. The molecule has 1 N–H and O–H groups in total. The van der Waals surface area contributed by atoms with E-state index in [1.54, 1.807) is 9.80 Å². The maximum Gasteiger partial charge on any atom is 0.320 e. The highest BCUT2D eigenvalue weighted by Crippen LogP contribution is 2.33. The Kier molecular flexibility index (Phi) is 5.70. The van der Waals surface area contributed by atoms with Crippen LogP contribution in [0.3, 0.4) is 0 Å². The van der Waals surface area contributed by atoms with Gasteiger partial charge in [-0.2, -0.15) is 0 Å². The lowest BCUT2D eigenvalue weighted by molar-refractivity contribution is -0.152. The molecule has 2 atom stereocenters. The van der Waals surface area contributed by atoms with Crippen LogP contribution >= 0.6 is 0 Å². The molecule has 8 nitrogen and oxygen atoms in total. The van der Waals surface area contributed by atoms with Gasteiger partial charge in [-0.3, -0.25) is 9.59 Å². The van der Waals surface area contributed by atoms with E-state index in [1.165, 1.54) is 7.11 Å². The number of amides is 3. The second kappa shape index (κ2) is 7.82. The number of hydrogen-bond acceptors (Lipinski definition) is 4. The smallest absolute Gasteiger partial charge is 0.320 e. The number of rotatable bonds is 4. The quantitative estimate of drug-likeness (QED) is 0.796. The molecule has 3 amide bonds. The molecule has 3 rings (SSSR count). The molecule has 0 bridgehead atoms. The van der Waals surface area contributed by atoms with Crippen molar-refractivity contribution in [3.63, 3.8) is 0 Å². The number of hydrogen-bond donors (Lipinski definition) is 1. The van der Waals surface area contributed by atoms with Crippen LogP contribution in [-0.2, 0) is 14.3 Å². The topological polar surface area (TPSA) is 90.4 Å². The summed E-state index contributed by atoms with van der Waals surface area (Å²) in [5, 5.41) is 9.56.